The Morgan fingerprint density at radius 3 is 2.50 bits per heavy atom. The van der Waals surface area contributed by atoms with Gasteiger partial charge in [-0.1, -0.05) is 30.3 Å². The Balaban J connectivity index is 1.48. The number of rotatable bonds is 5. The molecule has 0 unspecified atom stereocenters. The Hall–Kier alpha value is -3.15. The number of likely N-dealkylation sites (tertiary alicyclic amines) is 1. The van der Waals surface area contributed by atoms with Crippen LogP contribution in [-0.2, 0) is 26.2 Å². The average molecular weight is 407 g/mol. The minimum Gasteiger partial charge on any atom is -0.493 e. The summed E-state index contributed by atoms with van der Waals surface area (Å²) in [5, 5.41) is 0. The number of carbonyl (C=O) groups is 3. The first-order chi connectivity index (χ1) is 14.5. The number of fused-ring (bicyclic) bond motifs is 1. The van der Waals surface area contributed by atoms with Gasteiger partial charge in [-0.2, -0.15) is 0 Å². The number of Topliss-reactive ketones (excluding diaryl/α,β-unsaturated/α-hetero) is 1. The molecule has 0 atom stereocenters. The van der Waals surface area contributed by atoms with Gasteiger partial charge in [-0.3, -0.25) is 14.4 Å². The SMILES string of the molecule is CC(=O)N1CCC(C(=O)OCC(=O)c2ccc3c(c2)CCO3)(c2ccccc2)CC1. The van der Waals surface area contributed by atoms with E-state index >= 15 is 0 Å². The van der Waals surface area contributed by atoms with Crippen LogP contribution in [0.25, 0.3) is 0 Å². The molecule has 0 bridgehead atoms. The molecule has 2 aromatic carbocycles. The first kappa shape index (κ1) is 20.1. The summed E-state index contributed by atoms with van der Waals surface area (Å²) < 4.78 is 11.0. The fourth-order valence-electron chi connectivity index (χ4n) is 4.28. The molecule has 1 saturated heterocycles. The van der Waals surface area contributed by atoms with Gasteiger partial charge >= 0.3 is 5.97 Å². The van der Waals surface area contributed by atoms with Gasteiger partial charge in [0.25, 0.3) is 0 Å². The molecule has 30 heavy (non-hydrogen) atoms. The zero-order valence-electron chi connectivity index (χ0n) is 17.1. The number of esters is 1. The van der Waals surface area contributed by atoms with E-state index in [4.69, 9.17) is 9.47 Å². The first-order valence-corrected chi connectivity index (χ1v) is 10.3. The summed E-state index contributed by atoms with van der Waals surface area (Å²) in [6, 6.07) is 14.8. The van der Waals surface area contributed by atoms with E-state index in [1.54, 1.807) is 17.0 Å². The van der Waals surface area contributed by atoms with Crippen molar-refractivity contribution in [1.29, 1.82) is 0 Å². The van der Waals surface area contributed by atoms with Gasteiger partial charge in [0.05, 0.1) is 12.0 Å². The van der Waals surface area contributed by atoms with Gasteiger partial charge in [-0.25, -0.2) is 0 Å². The molecule has 0 N–H and O–H groups in total. The molecule has 0 aromatic heterocycles. The number of benzene rings is 2. The molecular formula is C24H25NO5. The highest BCUT2D eigenvalue weighted by molar-refractivity contribution is 5.99. The summed E-state index contributed by atoms with van der Waals surface area (Å²) in [4.78, 5) is 39.3. The van der Waals surface area contributed by atoms with E-state index in [2.05, 4.69) is 0 Å². The quantitative estimate of drug-likeness (QED) is 0.563. The third-order valence-corrected chi connectivity index (χ3v) is 6.13. The molecule has 1 amide bonds. The summed E-state index contributed by atoms with van der Waals surface area (Å²) >= 11 is 0. The molecule has 2 aliphatic rings. The fourth-order valence-corrected chi connectivity index (χ4v) is 4.28. The van der Waals surface area contributed by atoms with Gasteiger partial charge in [0, 0.05) is 32.0 Å². The van der Waals surface area contributed by atoms with Crippen LogP contribution >= 0.6 is 0 Å². The normalized spacial score (nSPS) is 17.0. The zero-order valence-corrected chi connectivity index (χ0v) is 17.1. The molecule has 0 spiro atoms. The second-order valence-electron chi connectivity index (χ2n) is 7.87. The Kier molecular flexibility index (Phi) is 5.57. The predicted molar refractivity (Wildman–Crippen MR) is 111 cm³/mol. The van der Waals surface area contributed by atoms with E-state index in [0.29, 0.717) is 38.1 Å². The number of piperidine rings is 1. The molecule has 0 radical (unpaired) electrons. The summed E-state index contributed by atoms with van der Waals surface area (Å²) in [5.41, 5.74) is 1.54. The standard InChI is InChI=1S/C24H25NO5/c1-17(26)25-12-10-24(11-13-25,20-5-3-2-4-6-20)23(28)30-16-21(27)18-7-8-22-19(15-18)9-14-29-22/h2-8,15H,9-14,16H2,1H3. The van der Waals surface area contributed by atoms with Crippen LogP contribution in [0.5, 0.6) is 5.75 Å². The molecular weight excluding hydrogens is 382 g/mol. The maximum atomic E-state index is 13.2. The monoisotopic (exact) mass is 407 g/mol. The molecule has 2 heterocycles. The number of hydrogen-bond acceptors (Lipinski definition) is 5. The van der Waals surface area contributed by atoms with Gasteiger partial charge in [0.1, 0.15) is 5.75 Å². The van der Waals surface area contributed by atoms with E-state index in [1.165, 1.54) is 6.92 Å². The second kappa shape index (κ2) is 8.30. The summed E-state index contributed by atoms with van der Waals surface area (Å²) in [5.74, 6) is 0.168. The minimum atomic E-state index is -0.848. The van der Waals surface area contributed by atoms with E-state index in [1.807, 2.05) is 36.4 Å². The number of carbonyl (C=O) groups excluding carboxylic acids is 3. The topological polar surface area (TPSA) is 72.9 Å². The van der Waals surface area contributed by atoms with Crippen molar-refractivity contribution in [2.45, 2.75) is 31.6 Å². The lowest BCUT2D eigenvalue weighted by Crippen LogP contribution is -2.49. The number of ketones is 1. The third kappa shape index (κ3) is 3.82. The van der Waals surface area contributed by atoms with Gasteiger partial charge < -0.3 is 14.4 Å². The van der Waals surface area contributed by atoms with E-state index in [0.717, 1.165) is 23.3 Å². The number of amides is 1. The van der Waals surface area contributed by atoms with Crippen molar-refractivity contribution >= 4 is 17.7 Å². The fraction of sp³-hybridized carbons (Fsp3) is 0.375. The molecule has 156 valence electrons. The molecule has 0 aliphatic carbocycles. The highest BCUT2D eigenvalue weighted by Gasteiger charge is 2.44. The Labute approximate surface area is 175 Å². The van der Waals surface area contributed by atoms with E-state index in [-0.39, 0.29) is 18.3 Å². The molecule has 2 aromatic rings. The first-order valence-electron chi connectivity index (χ1n) is 10.3. The van der Waals surface area contributed by atoms with Crippen LogP contribution in [0.2, 0.25) is 0 Å². The number of ether oxygens (including phenoxy) is 2. The third-order valence-electron chi connectivity index (χ3n) is 6.13. The van der Waals surface area contributed by atoms with Crippen LogP contribution in [0.4, 0.5) is 0 Å². The molecule has 6 nitrogen and oxygen atoms in total. The minimum absolute atomic E-state index is 0.000737. The summed E-state index contributed by atoms with van der Waals surface area (Å²) in [6.07, 6.45) is 1.72. The molecule has 1 fully saturated rings. The lowest BCUT2D eigenvalue weighted by molar-refractivity contribution is -0.153. The Morgan fingerprint density at radius 1 is 1.07 bits per heavy atom. The van der Waals surface area contributed by atoms with Crippen molar-refractivity contribution in [3.63, 3.8) is 0 Å². The highest BCUT2D eigenvalue weighted by Crippen LogP contribution is 2.37. The summed E-state index contributed by atoms with van der Waals surface area (Å²) in [7, 11) is 0. The predicted octanol–water partition coefficient (Wildman–Crippen LogP) is 2.93. The zero-order chi connectivity index (χ0) is 21.1. The Bertz CT molecular complexity index is 961. The van der Waals surface area contributed by atoms with Crippen molar-refractivity contribution in [1.82, 2.24) is 4.90 Å². The van der Waals surface area contributed by atoms with Gasteiger partial charge in [-0.05, 0) is 42.2 Å². The van der Waals surface area contributed by atoms with Gasteiger partial charge in [-0.15, -0.1) is 0 Å². The molecule has 4 rings (SSSR count). The lowest BCUT2D eigenvalue weighted by Gasteiger charge is -2.40. The van der Waals surface area contributed by atoms with Gasteiger partial charge in [0.2, 0.25) is 5.91 Å². The van der Waals surface area contributed by atoms with Crippen LogP contribution < -0.4 is 4.74 Å². The van der Waals surface area contributed by atoms with Crippen LogP contribution in [0.3, 0.4) is 0 Å². The summed E-state index contributed by atoms with van der Waals surface area (Å²) in [6.45, 7) is 2.83. The van der Waals surface area contributed by atoms with Gasteiger partial charge in [0.15, 0.2) is 12.4 Å². The lowest BCUT2D eigenvalue weighted by atomic mass is 9.72. The molecule has 6 heteroatoms. The van der Waals surface area contributed by atoms with Crippen LogP contribution in [-0.4, -0.2) is 48.9 Å². The second-order valence-corrected chi connectivity index (χ2v) is 7.87. The highest BCUT2D eigenvalue weighted by atomic mass is 16.5. The van der Waals surface area contributed by atoms with Crippen molar-refractivity contribution in [3.05, 3.63) is 65.2 Å². The van der Waals surface area contributed by atoms with Crippen molar-refractivity contribution in [3.8, 4) is 5.75 Å². The number of hydrogen-bond donors (Lipinski definition) is 0. The maximum absolute atomic E-state index is 13.2. The molecule has 0 saturated carbocycles. The van der Waals surface area contributed by atoms with Crippen LogP contribution in [0, 0.1) is 0 Å². The average Bonchev–Trinajstić information content (AvgIpc) is 3.25. The van der Waals surface area contributed by atoms with Crippen molar-refractivity contribution in [2.75, 3.05) is 26.3 Å². The van der Waals surface area contributed by atoms with Crippen molar-refractivity contribution < 1.29 is 23.9 Å². The Morgan fingerprint density at radius 2 is 1.80 bits per heavy atom. The van der Waals surface area contributed by atoms with Crippen molar-refractivity contribution in [2.24, 2.45) is 0 Å². The van der Waals surface area contributed by atoms with Crippen LogP contribution in [0.15, 0.2) is 48.5 Å². The van der Waals surface area contributed by atoms with Crippen LogP contribution in [0.1, 0.15) is 41.3 Å². The maximum Gasteiger partial charge on any atom is 0.317 e. The molecule has 2 aliphatic heterocycles. The largest absolute Gasteiger partial charge is 0.493 e. The smallest absolute Gasteiger partial charge is 0.317 e. The number of nitrogens with zero attached hydrogens (tertiary/aromatic N) is 1. The van der Waals surface area contributed by atoms with E-state index in [9.17, 15) is 14.4 Å². The van der Waals surface area contributed by atoms with E-state index < -0.39 is 11.4 Å².